The summed E-state index contributed by atoms with van der Waals surface area (Å²) in [6, 6.07) is 1.28. The number of amides is 1. The lowest BCUT2D eigenvalue weighted by atomic mass is 10.3. The maximum absolute atomic E-state index is 12.0. The molecule has 0 aliphatic heterocycles. The maximum Gasteiger partial charge on any atom is 0.261 e. The first-order valence-corrected chi connectivity index (χ1v) is 8.16. The van der Waals surface area contributed by atoms with Crippen molar-refractivity contribution in [2.24, 2.45) is 0 Å². The fourth-order valence-corrected chi connectivity index (χ4v) is 3.76. The lowest BCUT2D eigenvalue weighted by Gasteiger charge is -2.10. The molecule has 18 heavy (non-hydrogen) atoms. The van der Waals surface area contributed by atoms with Crippen LogP contribution < -0.4 is 10.0 Å². The smallest absolute Gasteiger partial charge is 0.261 e. The molecule has 0 spiro atoms. The normalized spacial score (nSPS) is 13.3. The standard InChI is InChI=1S/C11H18N2O3S2/c1-4-8(3)13-18(15,16)9-6-10(17-7-9)11(14)12-5-2/h6-8,13H,4-5H2,1-3H3,(H,12,14). The number of rotatable bonds is 6. The Labute approximate surface area is 112 Å². The number of sulfonamides is 1. The molecule has 1 rings (SSSR count). The predicted molar refractivity (Wildman–Crippen MR) is 72.4 cm³/mol. The van der Waals surface area contributed by atoms with E-state index in [1.54, 1.807) is 6.92 Å². The van der Waals surface area contributed by atoms with Crippen LogP contribution in [0.1, 0.15) is 36.9 Å². The van der Waals surface area contributed by atoms with Crippen LogP contribution >= 0.6 is 11.3 Å². The summed E-state index contributed by atoms with van der Waals surface area (Å²) < 4.78 is 26.5. The van der Waals surface area contributed by atoms with Gasteiger partial charge in [-0.3, -0.25) is 4.79 Å². The number of hydrogen-bond donors (Lipinski definition) is 2. The number of hydrogen-bond acceptors (Lipinski definition) is 4. The molecule has 2 N–H and O–H groups in total. The largest absolute Gasteiger partial charge is 0.352 e. The van der Waals surface area contributed by atoms with Gasteiger partial charge in [-0.25, -0.2) is 13.1 Å². The highest BCUT2D eigenvalue weighted by Crippen LogP contribution is 2.19. The first-order valence-electron chi connectivity index (χ1n) is 5.79. The molecule has 0 aliphatic carbocycles. The van der Waals surface area contributed by atoms with E-state index in [4.69, 9.17) is 0 Å². The van der Waals surface area contributed by atoms with Crippen molar-refractivity contribution in [3.05, 3.63) is 16.3 Å². The zero-order chi connectivity index (χ0) is 13.8. The Hall–Kier alpha value is -0.920. The molecule has 0 bridgehead atoms. The second-order valence-corrected chi connectivity index (χ2v) is 6.56. The highest BCUT2D eigenvalue weighted by Gasteiger charge is 2.19. The highest BCUT2D eigenvalue weighted by molar-refractivity contribution is 7.89. The van der Waals surface area contributed by atoms with Gasteiger partial charge in [0, 0.05) is 18.0 Å². The topological polar surface area (TPSA) is 75.3 Å². The summed E-state index contributed by atoms with van der Waals surface area (Å²) in [4.78, 5) is 12.1. The van der Waals surface area contributed by atoms with Crippen LogP contribution in [0.4, 0.5) is 0 Å². The Morgan fingerprint density at radius 2 is 2.11 bits per heavy atom. The van der Waals surface area contributed by atoms with Crippen molar-refractivity contribution in [1.29, 1.82) is 0 Å². The second kappa shape index (κ2) is 6.31. The Bertz CT molecular complexity index is 508. The highest BCUT2D eigenvalue weighted by atomic mass is 32.2. The van der Waals surface area contributed by atoms with Crippen molar-refractivity contribution in [2.45, 2.75) is 38.1 Å². The van der Waals surface area contributed by atoms with Crippen LogP contribution in [0.2, 0.25) is 0 Å². The van der Waals surface area contributed by atoms with E-state index in [2.05, 4.69) is 10.0 Å². The number of carbonyl (C=O) groups excluding carboxylic acids is 1. The van der Waals surface area contributed by atoms with E-state index in [1.807, 2.05) is 13.8 Å². The minimum Gasteiger partial charge on any atom is -0.352 e. The summed E-state index contributed by atoms with van der Waals surface area (Å²) >= 11 is 1.13. The second-order valence-electron chi connectivity index (χ2n) is 3.94. The molecule has 0 aliphatic rings. The van der Waals surface area contributed by atoms with Crippen molar-refractivity contribution >= 4 is 27.3 Å². The van der Waals surface area contributed by atoms with E-state index in [1.165, 1.54) is 11.4 Å². The Kier molecular flexibility index (Phi) is 5.30. The number of carbonyl (C=O) groups is 1. The van der Waals surface area contributed by atoms with E-state index >= 15 is 0 Å². The molecule has 7 heteroatoms. The number of thiophene rings is 1. The van der Waals surface area contributed by atoms with Crippen molar-refractivity contribution in [3.63, 3.8) is 0 Å². The summed E-state index contributed by atoms with van der Waals surface area (Å²) in [6.07, 6.45) is 0.715. The van der Waals surface area contributed by atoms with Gasteiger partial charge in [0.2, 0.25) is 10.0 Å². The van der Waals surface area contributed by atoms with E-state index in [9.17, 15) is 13.2 Å². The zero-order valence-corrected chi connectivity index (χ0v) is 12.3. The summed E-state index contributed by atoms with van der Waals surface area (Å²) in [5.74, 6) is -0.243. The molecular weight excluding hydrogens is 272 g/mol. The Morgan fingerprint density at radius 1 is 1.44 bits per heavy atom. The van der Waals surface area contributed by atoms with Crippen LogP contribution in [-0.2, 0) is 10.0 Å². The van der Waals surface area contributed by atoms with E-state index in [-0.39, 0.29) is 16.8 Å². The lowest BCUT2D eigenvalue weighted by Crippen LogP contribution is -2.31. The molecule has 1 atom stereocenters. The molecule has 0 saturated heterocycles. The van der Waals surface area contributed by atoms with Gasteiger partial charge in [0.25, 0.3) is 5.91 Å². The summed E-state index contributed by atoms with van der Waals surface area (Å²) in [6.45, 7) is 6.03. The van der Waals surface area contributed by atoms with Gasteiger partial charge < -0.3 is 5.32 Å². The summed E-state index contributed by atoms with van der Waals surface area (Å²) in [5.41, 5.74) is 0. The average molecular weight is 290 g/mol. The quantitative estimate of drug-likeness (QED) is 0.835. The van der Waals surface area contributed by atoms with Crippen LogP contribution in [0.15, 0.2) is 16.3 Å². The molecule has 102 valence electrons. The average Bonchev–Trinajstić information content (AvgIpc) is 2.78. The molecule has 1 amide bonds. The van der Waals surface area contributed by atoms with Crippen LogP contribution in [0.5, 0.6) is 0 Å². The monoisotopic (exact) mass is 290 g/mol. The minimum absolute atomic E-state index is 0.122. The Morgan fingerprint density at radius 3 is 2.67 bits per heavy atom. The maximum atomic E-state index is 12.0. The van der Waals surface area contributed by atoms with Gasteiger partial charge >= 0.3 is 0 Å². The van der Waals surface area contributed by atoms with Crippen LogP contribution in [0.3, 0.4) is 0 Å². The molecule has 1 heterocycles. The van der Waals surface area contributed by atoms with Crippen LogP contribution in [0.25, 0.3) is 0 Å². The lowest BCUT2D eigenvalue weighted by molar-refractivity contribution is 0.0959. The van der Waals surface area contributed by atoms with Gasteiger partial charge in [-0.2, -0.15) is 0 Å². The van der Waals surface area contributed by atoms with Gasteiger partial charge in [0.05, 0.1) is 9.77 Å². The molecule has 0 aromatic carbocycles. The molecule has 1 unspecified atom stereocenters. The summed E-state index contributed by atoms with van der Waals surface area (Å²) in [5, 5.41) is 4.12. The van der Waals surface area contributed by atoms with Gasteiger partial charge in [0.15, 0.2) is 0 Å². The van der Waals surface area contributed by atoms with Crippen molar-refractivity contribution < 1.29 is 13.2 Å². The van der Waals surface area contributed by atoms with Gasteiger partial charge in [-0.1, -0.05) is 6.92 Å². The van der Waals surface area contributed by atoms with Gasteiger partial charge in [-0.05, 0) is 26.3 Å². The van der Waals surface area contributed by atoms with E-state index in [0.717, 1.165) is 11.3 Å². The Balaban J connectivity index is 2.88. The van der Waals surface area contributed by atoms with Crippen molar-refractivity contribution in [3.8, 4) is 0 Å². The molecule has 0 saturated carbocycles. The van der Waals surface area contributed by atoms with Crippen molar-refractivity contribution in [1.82, 2.24) is 10.0 Å². The SMILES string of the molecule is CCNC(=O)c1cc(S(=O)(=O)NC(C)CC)cs1. The first-order chi connectivity index (χ1) is 8.40. The van der Waals surface area contributed by atoms with E-state index in [0.29, 0.717) is 17.8 Å². The fraction of sp³-hybridized carbons (Fsp3) is 0.545. The minimum atomic E-state index is -3.52. The third-order valence-corrected chi connectivity index (χ3v) is 5.06. The summed E-state index contributed by atoms with van der Waals surface area (Å²) in [7, 11) is -3.52. The van der Waals surface area contributed by atoms with Crippen LogP contribution in [-0.4, -0.2) is 26.9 Å². The van der Waals surface area contributed by atoms with Gasteiger partial charge in [0.1, 0.15) is 0 Å². The molecule has 1 aromatic rings. The molecular formula is C11H18N2O3S2. The fourth-order valence-electron chi connectivity index (χ4n) is 1.24. The molecule has 5 nitrogen and oxygen atoms in total. The van der Waals surface area contributed by atoms with E-state index < -0.39 is 10.0 Å². The van der Waals surface area contributed by atoms with Crippen LogP contribution in [0, 0.1) is 0 Å². The zero-order valence-electron chi connectivity index (χ0n) is 10.7. The van der Waals surface area contributed by atoms with Crippen molar-refractivity contribution in [2.75, 3.05) is 6.54 Å². The number of nitrogens with one attached hydrogen (secondary N) is 2. The molecule has 0 radical (unpaired) electrons. The first kappa shape index (κ1) is 15.1. The third kappa shape index (κ3) is 3.79. The molecule has 0 fully saturated rings. The van der Waals surface area contributed by atoms with Gasteiger partial charge in [-0.15, -0.1) is 11.3 Å². The third-order valence-electron chi connectivity index (χ3n) is 2.42. The predicted octanol–water partition coefficient (Wildman–Crippen LogP) is 1.57. The molecule has 1 aromatic heterocycles.